The predicted octanol–water partition coefficient (Wildman–Crippen LogP) is 6.02. The number of rotatable bonds is 3. The minimum Gasteiger partial charge on any atom is -0.366 e. The quantitative estimate of drug-likeness (QED) is 0.635. The van der Waals surface area contributed by atoms with Crippen molar-refractivity contribution in [2.75, 3.05) is 4.90 Å². The van der Waals surface area contributed by atoms with Crippen LogP contribution < -0.4 is 10.2 Å². The summed E-state index contributed by atoms with van der Waals surface area (Å²) >= 11 is 0. The third-order valence-electron chi connectivity index (χ3n) is 8.14. The molecule has 0 amide bonds. The fourth-order valence-corrected chi connectivity index (χ4v) is 6.75. The standard InChI is InChI=1S/C27H36N4O/c1-6-27(19-11-8-12-20(13-19)31-17(2)9-7-10-18(31)3)21-16-28-30-25(21)29-22-14-26(4,5)15-23(32)24(22)27/h8,11-13,16-18,25,29H,6-7,9-10,14-15H2,1-5H3/t17-,18+,25?,27?. The van der Waals surface area contributed by atoms with E-state index in [1.807, 2.05) is 6.20 Å². The van der Waals surface area contributed by atoms with E-state index in [2.05, 4.69) is 79.3 Å². The summed E-state index contributed by atoms with van der Waals surface area (Å²) in [6.07, 6.45) is 7.75. The molecule has 170 valence electrons. The van der Waals surface area contributed by atoms with Gasteiger partial charge in [-0.3, -0.25) is 4.79 Å². The normalized spacial score (nSPS) is 33.5. The van der Waals surface area contributed by atoms with Gasteiger partial charge in [0.25, 0.3) is 0 Å². The molecule has 5 heteroatoms. The third kappa shape index (κ3) is 3.15. The SMILES string of the molecule is CCC1(c2cccc(N3[C@H](C)CCC[C@@H]3C)c2)C2=CN=NC2NC2=C1C(=O)CC(C)(C)C2. The van der Waals surface area contributed by atoms with E-state index in [1.54, 1.807) is 0 Å². The first-order valence-corrected chi connectivity index (χ1v) is 12.3. The van der Waals surface area contributed by atoms with Gasteiger partial charge in [0.1, 0.15) is 0 Å². The average molecular weight is 433 g/mol. The number of carbonyl (C=O) groups excluding carboxylic acids is 1. The van der Waals surface area contributed by atoms with Crippen LogP contribution in [0.2, 0.25) is 0 Å². The van der Waals surface area contributed by atoms with Gasteiger partial charge >= 0.3 is 0 Å². The average Bonchev–Trinajstić information content (AvgIpc) is 3.20. The van der Waals surface area contributed by atoms with Crippen molar-refractivity contribution in [2.45, 2.75) is 96.8 Å². The number of azo groups is 1. The van der Waals surface area contributed by atoms with E-state index in [0.717, 1.165) is 29.7 Å². The van der Waals surface area contributed by atoms with Crippen LogP contribution >= 0.6 is 0 Å². The summed E-state index contributed by atoms with van der Waals surface area (Å²) < 4.78 is 0. The van der Waals surface area contributed by atoms with Crippen molar-refractivity contribution >= 4 is 11.5 Å². The number of anilines is 1. The first-order chi connectivity index (χ1) is 15.3. The van der Waals surface area contributed by atoms with Crippen molar-refractivity contribution in [1.29, 1.82) is 0 Å². The molecule has 1 aromatic rings. The molecule has 0 saturated carbocycles. The van der Waals surface area contributed by atoms with Crippen molar-refractivity contribution in [1.82, 2.24) is 5.32 Å². The summed E-state index contributed by atoms with van der Waals surface area (Å²) in [5.41, 5.74) is 5.09. The molecule has 0 spiro atoms. The second kappa shape index (κ2) is 7.57. The number of carbonyl (C=O) groups is 1. The van der Waals surface area contributed by atoms with Gasteiger partial charge in [-0.2, -0.15) is 10.2 Å². The lowest BCUT2D eigenvalue weighted by Gasteiger charge is -2.48. The van der Waals surface area contributed by atoms with E-state index in [4.69, 9.17) is 0 Å². The van der Waals surface area contributed by atoms with Gasteiger partial charge in [-0.05, 0) is 69.1 Å². The number of Topliss-reactive ketones (excluding diaryl/α,β-unsaturated/α-hetero) is 1. The first-order valence-electron chi connectivity index (χ1n) is 12.3. The second-order valence-electron chi connectivity index (χ2n) is 11.0. The molecule has 4 aliphatic rings. The van der Waals surface area contributed by atoms with Crippen molar-refractivity contribution in [3.05, 3.63) is 52.9 Å². The molecule has 1 N–H and O–H groups in total. The summed E-state index contributed by atoms with van der Waals surface area (Å²) in [4.78, 5) is 16.3. The number of allylic oxidation sites excluding steroid dienone is 2. The highest BCUT2D eigenvalue weighted by Crippen LogP contribution is 2.54. The first kappa shape index (κ1) is 21.4. The molecule has 3 aliphatic heterocycles. The maximum Gasteiger partial charge on any atom is 0.164 e. The molecule has 3 heterocycles. The summed E-state index contributed by atoms with van der Waals surface area (Å²) in [5, 5.41) is 12.4. The molecular weight excluding hydrogens is 396 g/mol. The zero-order chi connectivity index (χ0) is 22.7. The van der Waals surface area contributed by atoms with Gasteiger partial charge in [0.05, 0.1) is 11.6 Å². The van der Waals surface area contributed by atoms with Crippen LogP contribution in [0, 0.1) is 5.41 Å². The highest BCUT2D eigenvalue weighted by molar-refractivity contribution is 6.01. The zero-order valence-electron chi connectivity index (χ0n) is 20.1. The highest BCUT2D eigenvalue weighted by atomic mass is 16.1. The fraction of sp³-hybridized carbons (Fsp3) is 0.593. The number of nitrogens with one attached hydrogen (secondary N) is 1. The number of piperidine rings is 1. The van der Waals surface area contributed by atoms with E-state index in [0.29, 0.717) is 18.5 Å². The molecule has 32 heavy (non-hydrogen) atoms. The van der Waals surface area contributed by atoms with Crippen molar-refractivity contribution in [3.8, 4) is 0 Å². The Morgan fingerprint density at radius 1 is 1.16 bits per heavy atom. The van der Waals surface area contributed by atoms with E-state index < -0.39 is 5.41 Å². The van der Waals surface area contributed by atoms with Gasteiger partial charge in [-0.15, -0.1) is 0 Å². The monoisotopic (exact) mass is 432 g/mol. The van der Waals surface area contributed by atoms with Gasteiger partial charge in [-0.1, -0.05) is 32.9 Å². The van der Waals surface area contributed by atoms with Crippen LogP contribution in [0.5, 0.6) is 0 Å². The lowest BCUT2D eigenvalue weighted by molar-refractivity contribution is -0.119. The Bertz CT molecular complexity index is 1030. The molecule has 0 bridgehead atoms. The van der Waals surface area contributed by atoms with Crippen molar-refractivity contribution in [3.63, 3.8) is 0 Å². The van der Waals surface area contributed by atoms with Gasteiger partial charge < -0.3 is 10.2 Å². The maximum absolute atomic E-state index is 13.7. The van der Waals surface area contributed by atoms with E-state index in [9.17, 15) is 4.79 Å². The number of benzene rings is 1. The molecule has 5 nitrogen and oxygen atoms in total. The summed E-state index contributed by atoms with van der Waals surface area (Å²) in [6.45, 7) is 11.3. The lowest BCUT2D eigenvalue weighted by atomic mass is 9.59. The molecule has 2 unspecified atom stereocenters. The predicted molar refractivity (Wildman–Crippen MR) is 129 cm³/mol. The van der Waals surface area contributed by atoms with Gasteiger partial charge in [0, 0.05) is 41.0 Å². The molecule has 0 radical (unpaired) electrons. The van der Waals surface area contributed by atoms with Gasteiger partial charge in [0.2, 0.25) is 0 Å². The van der Waals surface area contributed by atoms with Crippen LogP contribution in [-0.2, 0) is 10.2 Å². The van der Waals surface area contributed by atoms with Crippen molar-refractivity contribution < 1.29 is 4.79 Å². The second-order valence-corrected chi connectivity index (χ2v) is 11.0. The molecule has 1 fully saturated rings. The lowest BCUT2D eigenvalue weighted by Crippen LogP contribution is -2.51. The summed E-state index contributed by atoms with van der Waals surface area (Å²) in [6, 6.07) is 10.0. The molecule has 1 saturated heterocycles. The molecule has 4 atom stereocenters. The van der Waals surface area contributed by atoms with Crippen LogP contribution in [0.3, 0.4) is 0 Å². The maximum atomic E-state index is 13.7. The number of fused-ring (bicyclic) bond motifs is 1. The Morgan fingerprint density at radius 3 is 2.62 bits per heavy atom. The molecule has 1 aromatic carbocycles. The smallest absolute Gasteiger partial charge is 0.164 e. The topological polar surface area (TPSA) is 57.1 Å². The molecule has 0 aromatic heterocycles. The van der Waals surface area contributed by atoms with E-state index >= 15 is 0 Å². The van der Waals surface area contributed by atoms with Crippen LogP contribution in [-0.4, -0.2) is 24.0 Å². The van der Waals surface area contributed by atoms with Gasteiger partial charge in [0.15, 0.2) is 11.9 Å². The summed E-state index contributed by atoms with van der Waals surface area (Å²) in [7, 11) is 0. The highest BCUT2D eigenvalue weighted by Gasteiger charge is 2.53. The molecule has 5 rings (SSSR count). The molecular formula is C27H36N4O. The Morgan fingerprint density at radius 2 is 1.91 bits per heavy atom. The molecule has 1 aliphatic carbocycles. The van der Waals surface area contributed by atoms with E-state index in [1.165, 1.54) is 30.5 Å². The number of hydrogen-bond donors (Lipinski definition) is 1. The van der Waals surface area contributed by atoms with Crippen LogP contribution in [0.4, 0.5) is 5.69 Å². The van der Waals surface area contributed by atoms with Crippen molar-refractivity contribution in [2.24, 2.45) is 15.6 Å². The van der Waals surface area contributed by atoms with Gasteiger partial charge in [-0.25, -0.2) is 0 Å². The minimum absolute atomic E-state index is 0.0418. The number of hydrogen-bond acceptors (Lipinski definition) is 5. The van der Waals surface area contributed by atoms with Crippen LogP contribution in [0.1, 0.15) is 78.7 Å². The Hall–Kier alpha value is -2.43. The fourth-order valence-electron chi connectivity index (χ4n) is 6.75. The Kier molecular flexibility index (Phi) is 5.06. The third-order valence-corrected chi connectivity index (χ3v) is 8.14. The Labute approximate surface area is 192 Å². The minimum atomic E-state index is -0.472. The zero-order valence-corrected chi connectivity index (χ0v) is 20.1. The van der Waals surface area contributed by atoms with E-state index in [-0.39, 0.29) is 17.4 Å². The van der Waals surface area contributed by atoms with Crippen LogP contribution in [0.25, 0.3) is 0 Å². The number of ketones is 1. The van der Waals surface area contributed by atoms with Crippen LogP contribution in [0.15, 0.2) is 57.5 Å². The largest absolute Gasteiger partial charge is 0.366 e. The number of nitrogens with zero attached hydrogens (tertiary/aromatic N) is 3. The summed E-state index contributed by atoms with van der Waals surface area (Å²) in [5.74, 6) is 0.266. The Balaban J connectivity index is 1.68.